The van der Waals surface area contributed by atoms with Crippen LogP contribution in [0.25, 0.3) is 0 Å². The van der Waals surface area contributed by atoms with Gasteiger partial charge in [0.05, 0.1) is 0 Å². The molecule has 0 spiro atoms. The molecule has 1 aliphatic rings. The Bertz CT molecular complexity index is 390. The highest BCUT2D eigenvalue weighted by Gasteiger charge is 2.27. The van der Waals surface area contributed by atoms with Gasteiger partial charge in [-0.1, -0.05) is 37.3 Å². The quantitative estimate of drug-likeness (QED) is 0.819. The Morgan fingerprint density at radius 2 is 2.05 bits per heavy atom. The number of hydrogen-bond donors (Lipinski definition) is 1. The summed E-state index contributed by atoms with van der Waals surface area (Å²) in [4.78, 5) is 2.72. The van der Waals surface area contributed by atoms with Gasteiger partial charge in [-0.2, -0.15) is 0 Å². The molecule has 3 atom stereocenters. The maximum atomic E-state index is 3.69. The first-order valence-corrected chi connectivity index (χ1v) is 8.73. The third-order valence-corrected chi connectivity index (χ3v) is 4.87. The van der Waals surface area contributed by atoms with Crippen LogP contribution >= 0.6 is 0 Å². The number of likely N-dealkylation sites (tertiary alicyclic amines) is 1. The van der Waals surface area contributed by atoms with Gasteiger partial charge in [-0.25, -0.2) is 0 Å². The number of rotatable bonds is 7. The van der Waals surface area contributed by atoms with Crippen LogP contribution in [-0.2, 0) is 6.42 Å². The second-order valence-electron chi connectivity index (χ2n) is 6.64. The maximum Gasteiger partial charge on any atom is 0.00940 e. The zero-order valence-electron chi connectivity index (χ0n) is 14.0. The van der Waals surface area contributed by atoms with E-state index in [4.69, 9.17) is 0 Å². The summed E-state index contributed by atoms with van der Waals surface area (Å²) in [6, 6.07) is 13.0. The van der Waals surface area contributed by atoms with Crippen molar-refractivity contribution >= 4 is 0 Å². The second kappa shape index (κ2) is 8.55. The van der Waals surface area contributed by atoms with E-state index in [9.17, 15) is 0 Å². The summed E-state index contributed by atoms with van der Waals surface area (Å²) in [6.07, 6.45) is 6.31. The van der Waals surface area contributed by atoms with Gasteiger partial charge in [0.2, 0.25) is 0 Å². The van der Waals surface area contributed by atoms with Crippen LogP contribution in [0.5, 0.6) is 0 Å². The molecule has 2 nitrogen and oxygen atoms in total. The van der Waals surface area contributed by atoms with Gasteiger partial charge in [-0.05, 0) is 58.1 Å². The summed E-state index contributed by atoms with van der Waals surface area (Å²) < 4.78 is 0. The largest absolute Gasteiger partial charge is 0.314 e. The van der Waals surface area contributed by atoms with Crippen molar-refractivity contribution in [3.63, 3.8) is 0 Å². The van der Waals surface area contributed by atoms with E-state index < -0.39 is 0 Å². The van der Waals surface area contributed by atoms with Gasteiger partial charge in [0.15, 0.2) is 0 Å². The molecular weight excluding hydrogens is 256 g/mol. The van der Waals surface area contributed by atoms with Crippen molar-refractivity contribution < 1.29 is 0 Å². The normalized spacial score (nSPS) is 24.9. The summed E-state index contributed by atoms with van der Waals surface area (Å²) >= 11 is 0. The molecule has 1 N–H and O–H groups in total. The Balaban J connectivity index is 1.76. The van der Waals surface area contributed by atoms with Crippen LogP contribution in [0, 0.1) is 0 Å². The summed E-state index contributed by atoms with van der Waals surface area (Å²) in [6.45, 7) is 9.47. The highest BCUT2D eigenvalue weighted by Crippen LogP contribution is 2.22. The average Bonchev–Trinajstić information content (AvgIpc) is 2.51. The van der Waals surface area contributed by atoms with Crippen LogP contribution < -0.4 is 5.32 Å². The molecule has 1 aromatic rings. The first kappa shape index (κ1) is 16.5. The molecule has 0 aromatic heterocycles. The lowest BCUT2D eigenvalue weighted by atomic mass is 9.95. The fourth-order valence-corrected chi connectivity index (χ4v) is 3.57. The van der Waals surface area contributed by atoms with Crippen molar-refractivity contribution in [2.75, 3.05) is 13.1 Å². The summed E-state index contributed by atoms with van der Waals surface area (Å²) in [5.41, 5.74) is 1.47. The average molecular weight is 288 g/mol. The van der Waals surface area contributed by atoms with E-state index in [0.717, 1.165) is 6.04 Å². The van der Waals surface area contributed by atoms with Crippen molar-refractivity contribution in [1.29, 1.82) is 0 Å². The van der Waals surface area contributed by atoms with Gasteiger partial charge in [-0.3, -0.25) is 4.90 Å². The summed E-state index contributed by atoms with van der Waals surface area (Å²) in [7, 11) is 0. The lowest BCUT2D eigenvalue weighted by molar-refractivity contribution is 0.0915. The Kier molecular flexibility index (Phi) is 6.72. The Morgan fingerprint density at radius 1 is 1.29 bits per heavy atom. The lowest BCUT2D eigenvalue weighted by Gasteiger charge is -2.41. The first-order valence-electron chi connectivity index (χ1n) is 8.73. The van der Waals surface area contributed by atoms with Crippen molar-refractivity contribution in [1.82, 2.24) is 10.2 Å². The van der Waals surface area contributed by atoms with E-state index in [0.29, 0.717) is 12.1 Å². The minimum atomic E-state index is 0.687. The minimum absolute atomic E-state index is 0.687. The van der Waals surface area contributed by atoms with E-state index in [2.05, 4.69) is 61.3 Å². The molecule has 0 bridgehead atoms. The van der Waals surface area contributed by atoms with Crippen LogP contribution in [0.1, 0.15) is 52.0 Å². The van der Waals surface area contributed by atoms with Gasteiger partial charge < -0.3 is 5.32 Å². The standard InChI is InChI=1S/C19H32N2/c1-4-13-20-19-12-14-21(17(3)15-19)16(2)10-11-18-8-6-5-7-9-18/h5-9,16-17,19-20H,4,10-15H2,1-3H3. The molecule has 2 heteroatoms. The molecule has 2 rings (SSSR count). The molecule has 0 saturated carbocycles. The molecule has 1 aliphatic heterocycles. The third kappa shape index (κ3) is 5.12. The molecule has 1 saturated heterocycles. The maximum absolute atomic E-state index is 3.69. The van der Waals surface area contributed by atoms with Gasteiger partial charge in [0.25, 0.3) is 0 Å². The number of nitrogens with zero attached hydrogens (tertiary/aromatic N) is 1. The second-order valence-corrected chi connectivity index (χ2v) is 6.64. The van der Waals surface area contributed by atoms with Crippen LogP contribution in [0.4, 0.5) is 0 Å². The molecule has 0 radical (unpaired) electrons. The molecule has 0 aliphatic carbocycles. The zero-order valence-corrected chi connectivity index (χ0v) is 14.0. The van der Waals surface area contributed by atoms with Gasteiger partial charge in [0, 0.05) is 24.7 Å². The highest BCUT2D eigenvalue weighted by molar-refractivity contribution is 5.14. The number of nitrogens with one attached hydrogen (secondary N) is 1. The number of hydrogen-bond acceptors (Lipinski definition) is 2. The Morgan fingerprint density at radius 3 is 2.71 bits per heavy atom. The van der Waals surface area contributed by atoms with Crippen molar-refractivity contribution in [3.8, 4) is 0 Å². The molecule has 21 heavy (non-hydrogen) atoms. The summed E-state index contributed by atoms with van der Waals surface area (Å²) in [5.74, 6) is 0. The molecule has 0 amide bonds. The van der Waals surface area contributed by atoms with Crippen molar-refractivity contribution in [2.45, 2.75) is 71.0 Å². The molecular formula is C19H32N2. The minimum Gasteiger partial charge on any atom is -0.314 e. The van der Waals surface area contributed by atoms with Crippen LogP contribution in [0.3, 0.4) is 0 Å². The first-order chi connectivity index (χ1) is 10.2. The predicted molar refractivity (Wildman–Crippen MR) is 91.7 cm³/mol. The van der Waals surface area contributed by atoms with Crippen LogP contribution in [-0.4, -0.2) is 36.1 Å². The van der Waals surface area contributed by atoms with E-state index >= 15 is 0 Å². The fraction of sp³-hybridized carbons (Fsp3) is 0.684. The van der Waals surface area contributed by atoms with Crippen molar-refractivity contribution in [2.24, 2.45) is 0 Å². The highest BCUT2D eigenvalue weighted by atomic mass is 15.2. The smallest absolute Gasteiger partial charge is 0.00940 e. The Labute approximate surface area is 130 Å². The molecule has 1 heterocycles. The lowest BCUT2D eigenvalue weighted by Crippen LogP contribution is -2.50. The fourth-order valence-electron chi connectivity index (χ4n) is 3.57. The summed E-state index contributed by atoms with van der Waals surface area (Å²) in [5, 5.41) is 3.69. The number of benzene rings is 1. The molecule has 1 fully saturated rings. The van der Waals surface area contributed by atoms with Gasteiger partial charge in [-0.15, -0.1) is 0 Å². The van der Waals surface area contributed by atoms with Gasteiger partial charge >= 0.3 is 0 Å². The number of aryl methyl sites for hydroxylation is 1. The predicted octanol–water partition coefficient (Wildman–Crippen LogP) is 3.86. The van der Waals surface area contributed by atoms with E-state index in [1.807, 2.05) is 0 Å². The number of piperidine rings is 1. The van der Waals surface area contributed by atoms with Gasteiger partial charge in [0.1, 0.15) is 0 Å². The van der Waals surface area contributed by atoms with Crippen LogP contribution in [0.2, 0.25) is 0 Å². The zero-order chi connectivity index (χ0) is 15.1. The topological polar surface area (TPSA) is 15.3 Å². The van der Waals surface area contributed by atoms with E-state index in [-0.39, 0.29) is 0 Å². The van der Waals surface area contributed by atoms with Crippen LogP contribution in [0.15, 0.2) is 30.3 Å². The Hall–Kier alpha value is -0.860. The monoisotopic (exact) mass is 288 g/mol. The third-order valence-electron chi connectivity index (χ3n) is 4.87. The molecule has 1 aromatic carbocycles. The van der Waals surface area contributed by atoms with E-state index in [1.165, 1.54) is 50.8 Å². The van der Waals surface area contributed by atoms with E-state index in [1.54, 1.807) is 0 Å². The SMILES string of the molecule is CCCNC1CCN(C(C)CCc2ccccc2)C(C)C1. The molecule has 118 valence electrons. The molecule has 3 unspecified atom stereocenters. The van der Waals surface area contributed by atoms with Crippen molar-refractivity contribution in [3.05, 3.63) is 35.9 Å².